The number of carbonyl (C=O) groups is 2. The van der Waals surface area contributed by atoms with E-state index in [0.29, 0.717) is 6.42 Å². The van der Waals surface area contributed by atoms with Crippen LogP contribution in [-0.2, 0) is 9.53 Å². The van der Waals surface area contributed by atoms with Crippen LogP contribution in [0.1, 0.15) is 50.6 Å². The predicted octanol–water partition coefficient (Wildman–Crippen LogP) is 4.93. The van der Waals surface area contributed by atoms with Crippen LogP contribution in [0, 0.1) is 28.6 Å². The van der Waals surface area contributed by atoms with Gasteiger partial charge in [-0.05, 0) is 67.3 Å². The van der Waals surface area contributed by atoms with Gasteiger partial charge in [-0.25, -0.2) is 18.0 Å². The second-order valence-corrected chi connectivity index (χ2v) is 11.9. The van der Waals surface area contributed by atoms with Gasteiger partial charge in [0.2, 0.25) is 5.76 Å². The van der Waals surface area contributed by atoms with Crippen LogP contribution in [0.25, 0.3) is 0 Å². The lowest BCUT2D eigenvalue weighted by Crippen LogP contribution is -2.70. The molecule has 0 amide bonds. The SMILES string of the molecule is C[C@@H]1C[C@H]2[C@@H]3C[C@H](F)C4=CC(=O)C=C[C@]4(C)[C@@]3(F)[C@@H](O)C[C@]2(C)[C@]1(C=[SH]CF)OC(=O)c1ccco1. The van der Waals surface area contributed by atoms with Gasteiger partial charge in [0.05, 0.1) is 12.4 Å². The highest BCUT2D eigenvalue weighted by molar-refractivity contribution is 7.97. The van der Waals surface area contributed by atoms with Gasteiger partial charge in [0, 0.05) is 22.7 Å². The molecule has 5 rings (SSSR count). The number of aliphatic hydroxyl groups is 1. The Labute approximate surface area is 211 Å². The normalized spacial score (nSPS) is 45.9. The summed E-state index contributed by atoms with van der Waals surface area (Å²) in [6.07, 6.45) is 2.15. The fraction of sp³-hybridized carbons (Fsp3) is 0.593. The van der Waals surface area contributed by atoms with Gasteiger partial charge in [0.25, 0.3) is 0 Å². The standard InChI is InChI=1S/C27H31F3O5S/c1-15-9-17-18-11-20(29)19-10-16(31)6-7-24(19,2)27(18,30)22(32)12-25(17,3)26(15,13-36-14-28)35-23(33)21-5-4-8-34-21/h4-8,10,13,15,17-18,20,22,32,36H,9,11-12,14H2,1-3H3/t15-,17+,18+,20+,22+,24+,25+,26-,27+/m1/s1. The average molecular weight is 525 g/mol. The first-order chi connectivity index (χ1) is 16.9. The van der Waals surface area contributed by atoms with E-state index in [-0.39, 0.29) is 41.4 Å². The van der Waals surface area contributed by atoms with Gasteiger partial charge in [-0.3, -0.25) is 4.79 Å². The van der Waals surface area contributed by atoms with E-state index in [0.717, 1.165) is 6.08 Å². The molecule has 0 spiro atoms. The van der Waals surface area contributed by atoms with Crippen LogP contribution in [0.15, 0.2) is 46.6 Å². The maximum absolute atomic E-state index is 17.3. The van der Waals surface area contributed by atoms with Crippen LogP contribution < -0.4 is 0 Å². The Morgan fingerprint density at radius 3 is 2.75 bits per heavy atom. The molecule has 0 bridgehead atoms. The van der Waals surface area contributed by atoms with Crippen molar-refractivity contribution in [2.45, 2.75) is 63.6 Å². The molecule has 0 saturated heterocycles. The monoisotopic (exact) mass is 524 g/mol. The van der Waals surface area contributed by atoms with E-state index in [1.54, 1.807) is 18.4 Å². The Kier molecular flexibility index (Phi) is 5.99. The number of rotatable bonds is 4. The Balaban J connectivity index is 1.62. The zero-order valence-corrected chi connectivity index (χ0v) is 21.3. The number of aliphatic hydroxyl groups excluding tert-OH is 1. The van der Waals surface area contributed by atoms with Crippen molar-refractivity contribution in [1.29, 1.82) is 0 Å². The number of esters is 1. The van der Waals surface area contributed by atoms with E-state index in [1.807, 2.05) is 13.8 Å². The van der Waals surface area contributed by atoms with Crippen molar-refractivity contribution in [3.8, 4) is 0 Å². The zero-order valence-electron chi connectivity index (χ0n) is 20.4. The Bertz CT molecular complexity index is 1160. The molecule has 196 valence electrons. The first-order valence-corrected chi connectivity index (χ1v) is 13.4. The summed E-state index contributed by atoms with van der Waals surface area (Å²) in [5.41, 5.74) is -6.01. The summed E-state index contributed by atoms with van der Waals surface area (Å²) in [5.74, 6) is -2.89. The predicted molar refractivity (Wildman–Crippen MR) is 131 cm³/mol. The molecule has 9 heteroatoms. The van der Waals surface area contributed by atoms with Crippen molar-refractivity contribution < 1.29 is 37.0 Å². The second kappa shape index (κ2) is 8.45. The second-order valence-electron chi connectivity index (χ2n) is 11.1. The van der Waals surface area contributed by atoms with Crippen LogP contribution in [0.5, 0.6) is 0 Å². The van der Waals surface area contributed by atoms with Crippen LogP contribution in [0.3, 0.4) is 0 Å². The lowest BCUT2D eigenvalue weighted by Gasteiger charge is -2.63. The molecule has 1 heterocycles. The highest BCUT2D eigenvalue weighted by atomic mass is 32.1. The summed E-state index contributed by atoms with van der Waals surface area (Å²) in [6.45, 7) is 5.23. The number of ketones is 1. The smallest absolute Gasteiger partial charge is 0.375 e. The lowest BCUT2D eigenvalue weighted by molar-refractivity contribution is -0.213. The van der Waals surface area contributed by atoms with E-state index >= 15 is 8.78 Å². The molecule has 3 fully saturated rings. The van der Waals surface area contributed by atoms with E-state index in [2.05, 4.69) is 0 Å². The molecule has 4 aliphatic carbocycles. The summed E-state index contributed by atoms with van der Waals surface area (Å²) in [5, 5.41) is 13.1. The van der Waals surface area contributed by atoms with Crippen LogP contribution in [-0.4, -0.2) is 51.8 Å². The largest absolute Gasteiger partial charge is 0.457 e. The molecule has 0 aliphatic heterocycles. The third kappa shape index (κ3) is 3.17. The summed E-state index contributed by atoms with van der Waals surface area (Å²) >= 11 is 0.281. The Hall–Kier alpha value is -2.13. The summed E-state index contributed by atoms with van der Waals surface area (Å²) in [4.78, 5) is 25.1. The molecule has 0 aromatic carbocycles. The minimum atomic E-state index is -2.23. The van der Waals surface area contributed by atoms with E-state index in [4.69, 9.17) is 9.15 Å². The summed E-state index contributed by atoms with van der Waals surface area (Å²) in [7, 11) is 0. The van der Waals surface area contributed by atoms with Gasteiger partial charge in [-0.2, -0.15) is 11.4 Å². The van der Waals surface area contributed by atoms with E-state index < -0.39 is 64.0 Å². The first kappa shape index (κ1) is 25.5. The maximum atomic E-state index is 17.3. The maximum Gasteiger partial charge on any atom is 0.375 e. The van der Waals surface area contributed by atoms with Gasteiger partial charge in [0.1, 0.15) is 17.8 Å². The third-order valence-corrected chi connectivity index (χ3v) is 10.3. The van der Waals surface area contributed by atoms with Crippen LogP contribution in [0.2, 0.25) is 0 Å². The zero-order chi connectivity index (χ0) is 26.1. The summed E-state index contributed by atoms with van der Waals surface area (Å²) in [6, 6.07) is 2.31. The quantitative estimate of drug-likeness (QED) is 0.332. The number of furan rings is 1. The molecule has 0 unspecified atom stereocenters. The van der Waals surface area contributed by atoms with Crippen molar-refractivity contribution in [2.24, 2.45) is 28.6 Å². The van der Waals surface area contributed by atoms with Gasteiger partial charge in [0.15, 0.2) is 11.5 Å². The minimum Gasteiger partial charge on any atom is -0.457 e. The number of alkyl halides is 3. The Morgan fingerprint density at radius 1 is 1.33 bits per heavy atom. The molecular weight excluding hydrogens is 493 g/mol. The minimum absolute atomic E-state index is 0.0177. The molecular formula is C27H31F3O5S. The number of thiol groups is 1. The molecule has 5 nitrogen and oxygen atoms in total. The fourth-order valence-corrected chi connectivity index (χ4v) is 8.79. The van der Waals surface area contributed by atoms with Crippen LogP contribution >= 0.6 is 11.4 Å². The number of halogens is 3. The molecule has 9 atom stereocenters. The number of allylic oxidation sites excluding steroid dienone is 4. The molecule has 3 saturated carbocycles. The van der Waals surface area contributed by atoms with Crippen molar-refractivity contribution >= 4 is 28.5 Å². The van der Waals surface area contributed by atoms with Crippen LogP contribution in [0.4, 0.5) is 13.2 Å². The van der Waals surface area contributed by atoms with Gasteiger partial charge >= 0.3 is 5.97 Å². The fourth-order valence-electron chi connectivity index (χ4n) is 7.84. The molecule has 4 aliphatic rings. The molecule has 1 N–H and O–H groups in total. The van der Waals surface area contributed by atoms with Gasteiger partial charge < -0.3 is 14.3 Å². The topological polar surface area (TPSA) is 76.7 Å². The highest BCUT2D eigenvalue weighted by Gasteiger charge is 2.76. The van der Waals surface area contributed by atoms with Crippen molar-refractivity contribution in [1.82, 2.24) is 0 Å². The van der Waals surface area contributed by atoms with Crippen molar-refractivity contribution in [3.05, 3.63) is 48.0 Å². The number of fused-ring (bicyclic) bond motifs is 5. The van der Waals surface area contributed by atoms with Gasteiger partial charge in [-0.1, -0.05) is 19.9 Å². The molecule has 36 heavy (non-hydrogen) atoms. The van der Waals surface area contributed by atoms with E-state index in [1.165, 1.54) is 24.5 Å². The third-order valence-electron chi connectivity index (χ3n) is 9.59. The number of hydrogen-bond donors (Lipinski definition) is 2. The molecule has 1 aromatic rings. The van der Waals surface area contributed by atoms with Gasteiger partial charge in [-0.15, -0.1) is 0 Å². The first-order valence-electron chi connectivity index (χ1n) is 12.2. The molecule has 1 aromatic heterocycles. The average Bonchev–Trinajstić information content (AvgIpc) is 3.43. The lowest BCUT2D eigenvalue weighted by atomic mass is 9.44. The summed E-state index contributed by atoms with van der Waals surface area (Å²) < 4.78 is 57.7. The Morgan fingerprint density at radius 2 is 2.08 bits per heavy atom. The highest BCUT2D eigenvalue weighted by Crippen LogP contribution is 2.71. The van der Waals surface area contributed by atoms with Crippen molar-refractivity contribution in [3.63, 3.8) is 0 Å². The number of hydrogen-bond acceptors (Lipinski definition) is 5. The number of ether oxygens (including phenoxy) is 1. The molecule has 0 radical (unpaired) electrons. The number of carbonyl (C=O) groups excluding carboxylic acids is 2. The van der Waals surface area contributed by atoms with Crippen molar-refractivity contribution in [2.75, 3.05) is 6.01 Å². The van der Waals surface area contributed by atoms with E-state index in [9.17, 15) is 19.1 Å².